The molecule has 0 radical (unpaired) electrons. The Kier molecular flexibility index (Phi) is 45.9. The molecule has 0 aliphatic rings. The normalized spacial score (nSPS) is 9.98. The van der Waals surface area contributed by atoms with Gasteiger partial charge in [-0.3, -0.25) is 0 Å². The van der Waals surface area contributed by atoms with Crippen molar-refractivity contribution in [1.29, 1.82) is 0 Å². The highest BCUT2D eigenvalue weighted by molar-refractivity contribution is 6.31. The molecule has 12 heteroatoms. The lowest BCUT2D eigenvalue weighted by atomic mass is 9.97. The molecular weight excluding hydrogens is 1670 g/mol. The Balaban J connectivity index is 0.000000225. The number of rotatable bonds is 12. The maximum atomic E-state index is 13.2. The summed E-state index contributed by atoms with van der Waals surface area (Å²) in [6.07, 6.45) is 1.09. The first-order valence-corrected chi connectivity index (χ1v) is 46.6. The van der Waals surface area contributed by atoms with Crippen LogP contribution >= 0.6 is 23.2 Å². The molecule has 0 amide bonds. The first kappa shape index (κ1) is 105. The fourth-order valence-corrected chi connectivity index (χ4v) is 13.6. The summed E-state index contributed by atoms with van der Waals surface area (Å²) in [5.74, 6) is -0.177. The molecule has 2 N–H and O–H groups in total. The van der Waals surface area contributed by atoms with Gasteiger partial charge in [-0.1, -0.05) is 324 Å². The minimum atomic E-state index is -0.258. The summed E-state index contributed by atoms with van der Waals surface area (Å²) in [6, 6.07) is 123. The highest BCUT2D eigenvalue weighted by atomic mass is 35.5. The van der Waals surface area contributed by atoms with Crippen molar-refractivity contribution in [3.05, 3.63) is 420 Å². The fraction of sp³-hybridized carbons (Fsp3) is 0.183. The van der Waals surface area contributed by atoms with Crippen LogP contribution in [0.25, 0.3) is 144 Å². The van der Waals surface area contributed by atoms with Crippen LogP contribution in [0.2, 0.25) is 10.0 Å². The topological polar surface area (TPSA) is 110 Å². The molecule has 0 aliphatic carbocycles. The second-order valence-electron chi connectivity index (χ2n) is 28.7. The summed E-state index contributed by atoms with van der Waals surface area (Å²) in [5.41, 5.74) is 23.5. The summed E-state index contributed by atoms with van der Waals surface area (Å²) < 4.78 is 36.2. The van der Waals surface area contributed by atoms with Crippen LogP contribution in [0.1, 0.15) is 126 Å². The summed E-state index contributed by atoms with van der Waals surface area (Å²) in [4.78, 5) is 19.2. The van der Waals surface area contributed by atoms with E-state index < -0.39 is 0 Å². The van der Waals surface area contributed by atoms with Gasteiger partial charge in [0.1, 0.15) is 29.9 Å². The van der Waals surface area contributed by atoms with Crippen LogP contribution in [-0.2, 0) is 15.9 Å². The van der Waals surface area contributed by atoms with Gasteiger partial charge in [0.15, 0.2) is 0 Å². The number of hydrogen-bond donors (Lipinski definition) is 2. The van der Waals surface area contributed by atoms with E-state index in [0.29, 0.717) is 6.79 Å². The van der Waals surface area contributed by atoms with Crippen molar-refractivity contribution in [2.45, 2.75) is 131 Å². The van der Waals surface area contributed by atoms with Gasteiger partial charge in [-0.15, -0.1) is 0 Å². The number of halogens is 4. The zero-order chi connectivity index (χ0) is 95.7. The predicted molar refractivity (Wildman–Crippen MR) is 566 cm³/mol. The van der Waals surface area contributed by atoms with E-state index in [1.165, 1.54) is 103 Å². The Morgan fingerprint density at radius 3 is 0.765 bits per heavy atom. The monoisotopic (exact) mass is 1790 g/mol. The molecule has 0 saturated heterocycles. The Labute approximate surface area is 792 Å². The molecule has 678 valence electrons. The van der Waals surface area contributed by atoms with Crippen molar-refractivity contribution in [3.63, 3.8) is 0 Å². The lowest BCUT2D eigenvalue weighted by molar-refractivity contribution is -0.0445. The summed E-state index contributed by atoms with van der Waals surface area (Å²) in [7, 11) is 0. The number of aryl methyl sites for hydroxylation is 4. The molecule has 0 fully saturated rings. The van der Waals surface area contributed by atoms with Crippen LogP contribution in [0.3, 0.4) is 0 Å². The van der Waals surface area contributed by atoms with Crippen molar-refractivity contribution in [3.8, 4) is 89.9 Å². The first-order chi connectivity index (χ1) is 64.5. The number of phenols is 2. The van der Waals surface area contributed by atoms with Crippen LogP contribution in [0.15, 0.2) is 376 Å². The third kappa shape index (κ3) is 32.5. The van der Waals surface area contributed by atoms with Crippen molar-refractivity contribution < 1.29 is 28.5 Å². The van der Waals surface area contributed by atoms with Gasteiger partial charge in [0.25, 0.3) is 0 Å². The Bertz CT molecular complexity index is 6040. The number of aromatic hydroxyl groups is 2. The van der Waals surface area contributed by atoms with Crippen molar-refractivity contribution in [2.24, 2.45) is 0 Å². The number of hydrogen-bond acceptors (Lipinski definition) is 8. The second kappa shape index (κ2) is 57.5. The number of phenolic OH excluding ortho intramolecular Hbond substituents is 2. The van der Waals surface area contributed by atoms with Gasteiger partial charge in [0, 0.05) is 67.1 Å². The van der Waals surface area contributed by atoms with E-state index in [1.807, 2.05) is 218 Å². The van der Waals surface area contributed by atoms with Crippen LogP contribution < -0.4 is 0 Å². The molecule has 8 nitrogen and oxygen atoms in total. The average Bonchev–Trinajstić information content (AvgIpc) is 0.794. The zero-order valence-corrected chi connectivity index (χ0v) is 81.1. The maximum absolute atomic E-state index is 13.2. The third-order valence-corrected chi connectivity index (χ3v) is 20.4. The molecule has 132 heavy (non-hydrogen) atoms. The largest absolute Gasteiger partial charge is 0.508 e. The summed E-state index contributed by atoms with van der Waals surface area (Å²) >= 11 is 12.0. The fourth-order valence-electron chi connectivity index (χ4n) is 13.3. The Morgan fingerprint density at radius 2 is 0.485 bits per heavy atom. The standard InChI is InChI=1S/C30H18Cl2N2.C30H18F2N2.C23H20.2C7H8.C6H6O2.C5H12O2.6C2H6/c2*31-25-9-1-19(2-10-25)27-15-7-23-17-21(5-13-29(23)33-27)22-6-14-30-24(18-22)8-16-28(34-30)20-3-11-26(32)12-4-20;1-3-17-5-7-21-15-23(11-9-19(21)13-17)22-10-8-18-12-16(2)4-6-20(18)14-22;2*1-7-5-3-2-4-6-7;7-5-1-2-6(8)4-3-5;1-3-6-5-7-4-2;6*1-2/h2*1-18H;4-15H,3H2,1-2H3;2*2-6H,1H3;1-4,7-8H;3-5H2,1-2H3;6*1-2H3. The molecular formula is C120H126Cl2F2N4O4. The smallest absolute Gasteiger partial charge is 0.146 e. The van der Waals surface area contributed by atoms with Gasteiger partial charge in [-0.25, -0.2) is 28.7 Å². The van der Waals surface area contributed by atoms with Crippen molar-refractivity contribution in [2.75, 3.05) is 20.0 Å². The minimum Gasteiger partial charge on any atom is -0.508 e. The van der Waals surface area contributed by atoms with Crippen LogP contribution in [0.5, 0.6) is 11.5 Å². The number of ether oxygens (including phenoxy) is 2. The molecule has 0 saturated carbocycles. The number of fused-ring (bicyclic) bond motifs is 6. The van der Waals surface area contributed by atoms with Gasteiger partial charge < -0.3 is 19.7 Å². The van der Waals surface area contributed by atoms with Crippen LogP contribution in [-0.4, -0.2) is 50.2 Å². The molecule has 4 heterocycles. The average molecular weight is 1800 g/mol. The van der Waals surface area contributed by atoms with E-state index in [0.717, 1.165) is 141 Å². The Morgan fingerprint density at radius 1 is 0.242 bits per heavy atom. The molecule has 0 atom stereocenters. The van der Waals surface area contributed by atoms with Crippen LogP contribution in [0, 0.1) is 32.4 Å². The molecule has 0 aliphatic heterocycles. The van der Waals surface area contributed by atoms with Gasteiger partial charge in [0.05, 0.1) is 44.8 Å². The molecule has 19 aromatic rings. The molecule has 0 bridgehead atoms. The lowest BCUT2D eigenvalue weighted by Gasteiger charge is -2.08. The minimum absolute atomic E-state index is 0.169. The molecule has 19 rings (SSSR count). The first-order valence-electron chi connectivity index (χ1n) is 45.8. The van der Waals surface area contributed by atoms with Crippen molar-refractivity contribution in [1.82, 2.24) is 19.9 Å². The summed E-state index contributed by atoms with van der Waals surface area (Å²) in [6.45, 7) is 38.3. The molecule has 15 aromatic carbocycles. The number of nitrogens with zero attached hydrogens (tertiary/aromatic N) is 4. The number of benzene rings is 15. The highest BCUT2D eigenvalue weighted by Crippen LogP contribution is 2.35. The SMILES string of the molecule is CC.CC.CC.CC.CC.CC.CCOCOCC.CCc1ccc2cc(-c3ccc4cc(C)ccc4c3)ccc2c1.Cc1ccccc1.Cc1ccccc1.Clc1ccc(-c2ccc3cc(-c4ccc5nc(-c6ccc(Cl)cc6)ccc5c4)ccc3n2)cc1.Fc1ccc(-c2ccc3cc(-c4ccc5nc(-c6ccc(F)cc6)ccc5c4)ccc3n2)cc1.Oc1ccc(O)cc1. The number of aromatic nitrogens is 4. The van der Waals surface area contributed by atoms with E-state index in [2.05, 4.69) is 210 Å². The zero-order valence-electron chi connectivity index (χ0n) is 79.6. The summed E-state index contributed by atoms with van der Waals surface area (Å²) in [5, 5.41) is 28.3. The second-order valence-corrected chi connectivity index (χ2v) is 29.6. The van der Waals surface area contributed by atoms with E-state index in [4.69, 9.17) is 62.8 Å². The third-order valence-electron chi connectivity index (χ3n) is 19.9. The molecule has 0 spiro atoms. The maximum Gasteiger partial charge on any atom is 0.146 e. The highest BCUT2D eigenvalue weighted by Gasteiger charge is 2.12. The van der Waals surface area contributed by atoms with Gasteiger partial charge >= 0.3 is 0 Å². The van der Waals surface area contributed by atoms with Gasteiger partial charge in [0.2, 0.25) is 0 Å². The number of pyridine rings is 4. The van der Waals surface area contributed by atoms with E-state index >= 15 is 0 Å². The molecule has 0 unspecified atom stereocenters. The van der Waals surface area contributed by atoms with Crippen LogP contribution in [0.4, 0.5) is 8.78 Å². The van der Waals surface area contributed by atoms with E-state index in [9.17, 15) is 8.78 Å². The van der Waals surface area contributed by atoms with Crippen molar-refractivity contribution >= 4 is 88.4 Å². The predicted octanol–water partition coefficient (Wildman–Crippen LogP) is 35.9. The van der Waals surface area contributed by atoms with Gasteiger partial charge in [-0.2, -0.15) is 0 Å². The quantitative estimate of drug-likeness (QED) is 0.0707. The van der Waals surface area contributed by atoms with E-state index in [1.54, 1.807) is 24.3 Å². The Hall–Kier alpha value is -13.6. The van der Waals surface area contributed by atoms with Gasteiger partial charge in [-0.05, 0) is 284 Å². The molecule has 4 aromatic heterocycles. The van der Waals surface area contributed by atoms with E-state index in [-0.39, 0.29) is 23.1 Å². The lowest BCUT2D eigenvalue weighted by Crippen LogP contribution is -1.97.